The molecule has 2 aromatic rings. The Bertz CT molecular complexity index is 520. The van der Waals surface area contributed by atoms with E-state index in [1.807, 2.05) is 24.3 Å². The van der Waals surface area contributed by atoms with Crippen LogP contribution in [0.15, 0.2) is 42.5 Å². The third-order valence-corrected chi connectivity index (χ3v) is 2.98. The van der Waals surface area contributed by atoms with E-state index in [2.05, 4.69) is 37.4 Å². The highest BCUT2D eigenvalue weighted by atomic mass is 16.5. The first-order valence-electron chi connectivity index (χ1n) is 6.68. The first kappa shape index (κ1) is 13.8. The van der Waals surface area contributed by atoms with Gasteiger partial charge in [0.1, 0.15) is 12.4 Å². The molecule has 2 rings (SSSR count). The van der Waals surface area contributed by atoms with Crippen molar-refractivity contribution >= 4 is 10.8 Å². The van der Waals surface area contributed by atoms with Gasteiger partial charge in [-0.25, -0.2) is 0 Å². The molecular formula is C16H21NO2. The topological polar surface area (TPSA) is 41.5 Å². The van der Waals surface area contributed by atoms with Crippen LogP contribution in [0.3, 0.4) is 0 Å². The molecule has 0 aliphatic carbocycles. The summed E-state index contributed by atoms with van der Waals surface area (Å²) in [7, 11) is 0. The number of hydrogen-bond donors (Lipinski definition) is 2. The molecule has 0 saturated heterocycles. The minimum Gasteiger partial charge on any atom is -0.491 e. The maximum Gasteiger partial charge on any atom is 0.127 e. The standard InChI is InChI=1S/C16H21NO2/c1-12(2)17-14(10-18)11-19-16-9-5-7-13-6-3-4-8-15(13)16/h3-9,12,14,17-18H,10-11H2,1-2H3/t14-/m0/s1. The zero-order valence-electron chi connectivity index (χ0n) is 11.5. The van der Waals surface area contributed by atoms with Crippen molar-refractivity contribution in [1.82, 2.24) is 5.32 Å². The van der Waals surface area contributed by atoms with Crippen molar-refractivity contribution in [3.8, 4) is 5.75 Å². The number of nitrogens with one attached hydrogen (secondary N) is 1. The van der Waals surface area contributed by atoms with Gasteiger partial charge in [0, 0.05) is 11.4 Å². The Kier molecular flexibility index (Phi) is 4.77. The Labute approximate surface area is 114 Å². The Hall–Kier alpha value is -1.58. The van der Waals surface area contributed by atoms with Crippen LogP contribution in [0, 0.1) is 0 Å². The lowest BCUT2D eigenvalue weighted by molar-refractivity contribution is 0.178. The van der Waals surface area contributed by atoms with E-state index in [9.17, 15) is 5.11 Å². The molecule has 0 fully saturated rings. The third kappa shape index (κ3) is 3.69. The highest BCUT2D eigenvalue weighted by Gasteiger charge is 2.10. The van der Waals surface area contributed by atoms with Crippen LogP contribution >= 0.6 is 0 Å². The van der Waals surface area contributed by atoms with Gasteiger partial charge >= 0.3 is 0 Å². The second kappa shape index (κ2) is 6.55. The van der Waals surface area contributed by atoms with Gasteiger partial charge in [0.25, 0.3) is 0 Å². The van der Waals surface area contributed by atoms with Gasteiger partial charge in [-0.3, -0.25) is 0 Å². The Balaban J connectivity index is 2.09. The molecule has 2 N–H and O–H groups in total. The summed E-state index contributed by atoms with van der Waals surface area (Å²) in [6, 6.07) is 14.4. The lowest BCUT2D eigenvalue weighted by atomic mass is 10.1. The number of aliphatic hydroxyl groups is 1. The molecule has 3 heteroatoms. The monoisotopic (exact) mass is 259 g/mol. The molecule has 0 unspecified atom stereocenters. The normalized spacial score (nSPS) is 12.8. The SMILES string of the molecule is CC(C)N[C@@H](CO)COc1cccc2ccccc12. The molecule has 0 aliphatic heterocycles. The zero-order chi connectivity index (χ0) is 13.7. The summed E-state index contributed by atoms with van der Waals surface area (Å²) in [4.78, 5) is 0. The first-order chi connectivity index (χ1) is 9.20. The summed E-state index contributed by atoms with van der Waals surface area (Å²) in [5.74, 6) is 0.863. The fraction of sp³-hybridized carbons (Fsp3) is 0.375. The fourth-order valence-electron chi connectivity index (χ4n) is 2.14. The predicted molar refractivity (Wildman–Crippen MR) is 78.6 cm³/mol. The summed E-state index contributed by atoms with van der Waals surface area (Å²) in [5, 5.41) is 14.9. The van der Waals surface area contributed by atoms with Crippen molar-refractivity contribution in [2.24, 2.45) is 0 Å². The summed E-state index contributed by atoms with van der Waals surface area (Å²) in [6.07, 6.45) is 0. The number of rotatable bonds is 6. The van der Waals surface area contributed by atoms with Crippen LogP contribution in [-0.4, -0.2) is 30.4 Å². The average molecular weight is 259 g/mol. The van der Waals surface area contributed by atoms with Crippen molar-refractivity contribution < 1.29 is 9.84 Å². The van der Waals surface area contributed by atoms with Crippen molar-refractivity contribution in [2.45, 2.75) is 25.9 Å². The maximum atomic E-state index is 9.32. The Morgan fingerprint density at radius 2 is 1.84 bits per heavy atom. The molecule has 2 aromatic carbocycles. The Morgan fingerprint density at radius 3 is 2.58 bits per heavy atom. The fourth-order valence-corrected chi connectivity index (χ4v) is 2.14. The van der Waals surface area contributed by atoms with Gasteiger partial charge in [-0.15, -0.1) is 0 Å². The largest absolute Gasteiger partial charge is 0.491 e. The molecule has 0 aliphatic rings. The Morgan fingerprint density at radius 1 is 1.11 bits per heavy atom. The first-order valence-corrected chi connectivity index (χ1v) is 6.68. The van der Waals surface area contributed by atoms with E-state index in [1.165, 1.54) is 0 Å². The number of hydrogen-bond acceptors (Lipinski definition) is 3. The van der Waals surface area contributed by atoms with E-state index >= 15 is 0 Å². The van der Waals surface area contributed by atoms with E-state index < -0.39 is 0 Å². The summed E-state index contributed by atoms with van der Waals surface area (Å²) in [5.41, 5.74) is 0. The van der Waals surface area contributed by atoms with Gasteiger partial charge in [0.2, 0.25) is 0 Å². The van der Waals surface area contributed by atoms with Crippen LogP contribution in [0.2, 0.25) is 0 Å². The second-order valence-electron chi connectivity index (χ2n) is 4.99. The number of benzene rings is 2. The van der Waals surface area contributed by atoms with Gasteiger partial charge in [-0.05, 0) is 11.5 Å². The van der Waals surface area contributed by atoms with E-state index in [0.29, 0.717) is 12.6 Å². The van der Waals surface area contributed by atoms with Crippen LogP contribution in [0.5, 0.6) is 5.75 Å². The van der Waals surface area contributed by atoms with Crippen molar-refractivity contribution in [2.75, 3.05) is 13.2 Å². The molecule has 19 heavy (non-hydrogen) atoms. The van der Waals surface area contributed by atoms with Crippen LogP contribution in [0.4, 0.5) is 0 Å². The molecule has 0 radical (unpaired) electrons. The summed E-state index contributed by atoms with van der Waals surface area (Å²) < 4.78 is 5.85. The molecule has 0 amide bonds. The minimum atomic E-state index is -0.0426. The van der Waals surface area contributed by atoms with Gasteiger partial charge in [-0.2, -0.15) is 0 Å². The molecule has 102 valence electrons. The molecule has 1 atom stereocenters. The highest BCUT2D eigenvalue weighted by Crippen LogP contribution is 2.25. The molecule has 3 nitrogen and oxygen atoms in total. The predicted octanol–water partition coefficient (Wildman–Crippen LogP) is 2.58. The highest BCUT2D eigenvalue weighted by molar-refractivity contribution is 5.88. The zero-order valence-corrected chi connectivity index (χ0v) is 11.5. The quantitative estimate of drug-likeness (QED) is 0.838. The lowest BCUT2D eigenvalue weighted by Gasteiger charge is -2.20. The average Bonchev–Trinajstić information content (AvgIpc) is 2.43. The second-order valence-corrected chi connectivity index (χ2v) is 4.99. The van der Waals surface area contributed by atoms with Gasteiger partial charge in [0.05, 0.1) is 12.6 Å². The molecule has 0 saturated carbocycles. The van der Waals surface area contributed by atoms with Gasteiger partial charge in [-0.1, -0.05) is 50.2 Å². The van der Waals surface area contributed by atoms with Crippen molar-refractivity contribution in [3.63, 3.8) is 0 Å². The van der Waals surface area contributed by atoms with E-state index in [1.54, 1.807) is 0 Å². The van der Waals surface area contributed by atoms with E-state index in [4.69, 9.17) is 4.74 Å². The van der Waals surface area contributed by atoms with E-state index in [-0.39, 0.29) is 12.6 Å². The third-order valence-electron chi connectivity index (χ3n) is 2.98. The number of aliphatic hydroxyl groups excluding tert-OH is 1. The summed E-state index contributed by atoms with van der Waals surface area (Å²) in [6.45, 7) is 4.65. The molecule has 0 aromatic heterocycles. The maximum absolute atomic E-state index is 9.32. The van der Waals surface area contributed by atoms with Gasteiger partial charge in [0.15, 0.2) is 0 Å². The lowest BCUT2D eigenvalue weighted by Crippen LogP contribution is -2.41. The molecule has 0 spiro atoms. The number of fused-ring (bicyclic) bond motifs is 1. The van der Waals surface area contributed by atoms with Crippen LogP contribution < -0.4 is 10.1 Å². The van der Waals surface area contributed by atoms with E-state index in [0.717, 1.165) is 16.5 Å². The van der Waals surface area contributed by atoms with Gasteiger partial charge < -0.3 is 15.2 Å². The van der Waals surface area contributed by atoms with Crippen LogP contribution in [-0.2, 0) is 0 Å². The minimum absolute atomic E-state index is 0.0426. The molecule has 0 bridgehead atoms. The number of ether oxygens (including phenoxy) is 1. The summed E-state index contributed by atoms with van der Waals surface area (Å²) >= 11 is 0. The van der Waals surface area contributed by atoms with Crippen molar-refractivity contribution in [3.05, 3.63) is 42.5 Å². The van der Waals surface area contributed by atoms with Crippen LogP contribution in [0.25, 0.3) is 10.8 Å². The smallest absolute Gasteiger partial charge is 0.127 e. The van der Waals surface area contributed by atoms with Crippen LogP contribution in [0.1, 0.15) is 13.8 Å². The molecule has 0 heterocycles. The molecular weight excluding hydrogens is 238 g/mol. The van der Waals surface area contributed by atoms with Crippen molar-refractivity contribution in [1.29, 1.82) is 0 Å².